The fraction of sp³-hybridized carbons (Fsp3) is 0.316. The quantitative estimate of drug-likeness (QED) is 0.894. The van der Waals surface area contributed by atoms with Crippen LogP contribution in [0.1, 0.15) is 35.2 Å². The van der Waals surface area contributed by atoms with Gasteiger partial charge in [-0.3, -0.25) is 4.79 Å². The highest BCUT2D eigenvalue weighted by atomic mass is 32.2. The predicted octanol–water partition coefficient (Wildman–Crippen LogP) is 2.79. The number of amides is 1. The van der Waals surface area contributed by atoms with Gasteiger partial charge in [-0.1, -0.05) is 30.3 Å². The lowest BCUT2D eigenvalue weighted by atomic mass is 10.1. The van der Waals surface area contributed by atoms with E-state index >= 15 is 0 Å². The maximum Gasteiger partial charge on any atom is 0.253 e. The molecule has 1 aliphatic heterocycles. The number of sulfonamides is 1. The first-order chi connectivity index (χ1) is 12.1. The van der Waals surface area contributed by atoms with Crippen LogP contribution in [0.3, 0.4) is 0 Å². The molecule has 1 amide bonds. The minimum absolute atomic E-state index is 0.0270. The zero-order valence-corrected chi connectivity index (χ0v) is 14.8. The maximum atomic E-state index is 12.4. The molecule has 1 fully saturated rings. The molecule has 0 bridgehead atoms. The molecule has 0 aliphatic carbocycles. The van der Waals surface area contributed by atoms with E-state index in [-0.39, 0.29) is 17.3 Å². The van der Waals surface area contributed by atoms with Crippen molar-refractivity contribution in [2.75, 3.05) is 13.1 Å². The second-order valence-corrected chi connectivity index (χ2v) is 7.95. The normalized spacial score (nSPS) is 15.1. The summed E-state index contributed by atoms with van der Waals surface area (Å²) in [6, 6.07) is 15.5. The monoisotopic (exact) mass is 358 g/mol. The van der Waals surface area contributed by atoms with E-state index in [4.69, 9.17) is 0 Å². The van der Waals surface area contributed by atoms with E-state index in [0.717, 1.165) is 37.9 Å². The van der Waals surface area contributed by atoms with Gasteiger partial charge in [0.1, 0.15) is 0 Å². The molecule has 132 valence electrons. The molecule has 3 rings (SSSR count). The molecule has 0 radical (unpaired) electrons. The highest BCUT2D eigenvalue weighted by Gasteiger charge is 2.19. The van der Waals surface area contributed by atoms with Crippen LogP contribution in [0.4, 0.5) is 0 Å². The second kappa shape index (κ2) is 7.80. The van der Waals surface area contributed by atoms with Gasteiger partial charge in [-0.05, 0) is 49.1 Å². The SMILES string of the molecule is O=C(c1ccc(S(=O)(=O)NCc2ccccc2)cc1)N1CCCCC1. The molecule has 25 heavy (non-hydrogen) atoms. The molecule has 6 heteroatoms. The third-order valence-corrected chi connectivity index (χ3v) is 5.78. The van der Waals surface area contributed by atoms with Crippen LogP contribution in [-0.4, -0.2) is 32.3 Å². The Hall–Kier alpha value is -2.18. The van der Waals surface area contributed by atoms with Gasteiger partial charge in [-0.2, -0.15) is 0 Å². The van der Waals surface area contributed by atoms with Crippen LogP contribution in [0.25, 0.3) is 0 Å². The summed E-state index contributed by atoms with van der Waals surface area (Å²) in [6.45, 7) is 1.78. The molecule has 0 unspecified atom stereocenters. The van der Waals surface area contributed by atoms with Gasteiger partial charge in [0.2, 0.25) is 10.0 Å². The summed E-state index contributed by atoms with van der Waals surface area (Å²) in [5, 5.41) is 0. The third kappa shape index (κ3) is 4.46. The predicted molar refractivity (Wildman–Crippen MR) is 96.7 cm³/mol. The van der Waals surface area contributed by atoms with E-state index in [1.165, 1.54) is 12.1 Å². The van der Waals surface area contributed by atoms with E-state index in [1.54, 1.807) is 12.1 Å². The lowest BCUT2D eigenvalue weighted by Gasteiger charge is -2.26. The molecule has 0 atom stereocenters. The van der Waals surface area contributed by atoms with Crippen molar-refractivity contribution >= 4 is 15.9 Å². The molecule has 0 spiro atoms. The highest BCUT2D eigenvalue weighted by Crippen LogP contribution is 2.16. The summed E-state index contributed by atoms with van der Waals surface area (Å²) in [7, 11) is -3.60. The number of carbonyl (C=O) groups is 1. The average molecular weight is 358 g/mol. The lowest BCUT2D eigenvalue weighted by molar-refractivity contribution is 0.0724. The Balaban J connectivity index is 1.67. The Bertz CT molecular complexity index is 812. The fourth-order valence-corrected chi connectivity index (χ4v) is 3.93. The first-order valence-corrected chi connectivity index (χ1v) is 9.97. The van der Waals surface area contributed by atoms with Crippen molar-refractivity contribution in [2.24, 2.45) is 0 Å². The summed E-state index contributed by atoms with van der Waals surface area (Å²) < 4.78 is 27.3. The Labute approximate surface area is 148 Å². The molecule has 1 saturated heterocycles. The number of nitrogens with one attached hydrogen (secondary N) is 1. The minimum Gasteiger partial charge on any atom is -0.339 e. The van der Waals surface area contributed by atoms with Crippen LogP contribution in [0, 0.1) is 0 Å². The summed E-state index contributed by atoms with van der Waals surface area (Å²) in [5.41, 5.74) is 1.42. The second-order valence-electron chi connectivity index (χ2n) is 6.19. The van der Waals surface area contributed by atoms with Gasteiger partial charge in [0.25, 0.3) is 5.91 Å². The number of rotatable bonds is 5. The molecule has 1 aliphatic rings. The van der Waals surface area contributed by atoms with E-state index in [0.29, 0.717) is 5.56 Å². The standard InChI is InChI=1S/C19H22N2O3S/c22-19(21-13-5-2-6-14-21)17-9-11-18(12-10-17)25(23,24)20-15-16-7-3-1-4-8-16/h1,3-4,7-12,20H,2,5-6,13-15H2. The number of nitrogens with zero attached hydrogens (tertiary/aromatic N) is 1. The molecule has 2 aromatic rings. The summed E-state index contributed by atoms with van der Waals surface area (Å²) in [6.07, 6.45) is 3.22. The van der Waals surface area contributed by atoms with Crippen molar-refractivity contribution in [2.45, 2.75) is 30.7 Å². The van der Waals surface area contributed by atoms with Gasteiger partial charge in [-0.25, -0.2) is 13.1 Å². The van der Waals surface area contributed by atoms with Crippen LogP contribution in [0.5, 0.6) is 0 Å². The Morgan fingerprint density at radius 2 is 1.56 bits per heavy atom. The van der Waals surface area contributed by atoms with Gasteiger partial charge in [0.15, 0.2) is 0 Å². The van der Waals surface area contributed by atoms with Gasteiger partial charge >= 0.3 is 0 Å². The van der Waals surface area contributed by atoms with E-state index in [2.05, 4.69) is 4.72 Å². The molecule has 2 aromatic carbocycles. The fourth-order valence-electron chi connectivity index (χ4n) is 2.91. The van der Waals surface area contributed by atoms with Crippen molar-refractivity contribution in [3.63, 3.8) is 0 Å². The molecule has 0 aromatic heterocycles. The molecule has 1 heterocycles. The van der Waals surface area contributed by atoms with Gasteiger partial charge in [-0.15, -0.1) is 0 Å². The third-order valence-electron chi connectivity index (χ3n) is 4.36. The number of hydrogen-bond acceptors (Lipinski definition) is 3. The van der Waals surface area contributed by atoms with Crippen molar-refractivity contribution < 1.29 is 13.2 Å². The van der Waals surface area contributed by atoms with Gasteiger partial charge in [0, 0.05) is 25.2 Å². The van der Waals surface area contributed by atoms with Crippen LogP contribution < -0.4 is 4.72 Å². The lowest BCUT2D eigenvalue weighted by Crippen LogP contribution is -2.35. The zero-order chi connectivity index (χ0) is 17.7. The summed E-state index contributed by atoms with van der Waals surface area (Å²) >= 11 is 0. The molecule has 5 nitrogen and oxygen atoms in total. The average Bonchev–Trinajstić information content (AvgIpc) is 2.67. The Morgan fingerprint density at radius 3 is 2.20 bits per heavy atom. The van der Waals surface area contributed by atoms with Crippen LogP contribution in [-0.2, 0) is 16.6 Å². The minimum atomic E-state index is -3.60. The number of benzene rings is 2. The molecular weight excluding hydrogens is 336 g/mol. The van der Waals surface area contributed by atoms with E-state index in [1.807, 2.05) is 35.2 Å². The first-order valence-electron chi connectivity index (χ1n) is 8.49. The van der Waals surface area contributed by atoms with Crippen molar-refractivity contribution in [1.29, 1.82) is 0 Å². The van der Waals surface area contributed by atoms with Crippen LogP contribution in [0.15, 0.2) is 59.5 Å². The molecular formula is C19H22N2O3S. The Kier molecular flexibility index (Phi) is 5.50. The van der Waals surface area contributed by atoms with Gasteiger partial charge < -0.3 is 4.90 Å². The molecule has 1 N–H and O–H groups in total. The van der Waals surface area contributed by atoms with Crippen molar-refractivity contribution in [3.8, 4) is 0 Å². The number of piperidine rings is 1. The smallest absolute Gasteiger partial charge is 0.253 e. The van der Waals surface area contributed by atoms with Crippen LogP contribution in [0.2, 0.25) is 0 Å². The molecule has 0 saturated carbocycles. The van der Waals surface area contributed by atoms with Crippen molar-refractivity contribution in [3.05, 3.63) is 65.7 Å². The van der Waals surface area contributed by atoms with Crippen molar-refractivity contribution in [1.82, 2.24) is 9.62 Å². The van der Waals surface area contributed by atoms with Crippen LogP contribution >= 0.6 is 0 Å². The number of likely N-dealkylation sites (tertiary alicyclic amines) is 1. The largest absolute Gasteiger partial charge is 0.339 e. The Morgan fingerprint density at radius 1 is 0.920 bits per heavy atom. The topological polar surface area (TPSA) is 66.5 Å². The highest BCUT2D eigenvalue weighted by molar-refractivity contribution is 7.89. The zero-order valence-electron chi connectivity index (χ0n) is 14.0. The number of carbonyl (C=O) groups excluding carboxylic acids is 1. The van der Waals surface area contributed by atoms with E-state index in [9.17, 15) is 13.2 Å². The van der Waals surface area contributed by atoms with E-state index < -0.39 is 10.0 Å². The summed E-state index contributed by atoms with van der Waals surface area (Å²) in [4.78, 5) is 14.4. The number of hydrogen-bond donors (Lipinski definition) is 1. The summed E-state index contributed by atoms with van der Waals surface area (Å²) in [5.74, 6) is -0.0270. The van der Waals surface area contributed by atoms with Gasteiger partial charge in [0.05, 0.1) is 4.90 Å². The first kappa shape index (κ1) is 17.6. The maximum absolute atomic E-state index is 12.4.